The van der Waals surface area contributed by atoms with Crippen LogP contribution in [-0.2, 0) is 11.0 Å². The number of hydrogen-bond donors (Lipinski definition) is 1. The van der Waals surface area contributed by atoms with Crippen molar-refractivity contribution in [3.63, 3.8) is 0 Å². The molecule has 1 fully saturated rings. The fraction of sp³-hybridized carbons (Fsp3) is 0.615. The molecule has 0 saturated heterocycles. The van der Waals surface area contributed by atoms with Gasteiger partial charge in [0, 0.05) is 0 Å². The number of hydrogen-bond acceptors (Lipinski definition) is 4. The van der Waals surface area contributed by atoms with Crippen LogP contribution in [0, 0.1) is 17.3 Å². The smallest absolute Gasteiger partial charge is 0.300 e. The molecule has 0 aliphatic heterocycles. The summed E-state index contributed by atoms with van der Waals surface area (Å²) in [5.41, 5.74) is 0.914. The fourth-order valence-electron chi connectivity index (χ4n) is 2.42. The molecule has 2 unspecified atom stereocenters. The van der Waals surface area contributed by atoms with E-state index in [0.717, 1.165) is 5.57 Å². The molecule has 0 bridgehead atoms. The standard InChI is InChI=1S/C13H16F3N3OS/c1-6(2)5-7-8(12(7,3)4)9(20)17-11-19-18-10(21-11)13(14,15)16/h5,7-8H,1-4H3,(H,17,19,20). The molecule has 1 aliphatic carbocycles. The third-order valence-corrected chi connectivity index (χ3v) is 4.49. The number of anilines is 1. The van der Waals surface area contributed by atoms with Gasteiger partial charge in [-0.15, -0.1) is 10.2 Å². The lowest BCUT2D eigenvalue weighted by Gasteiger charge is -2.02. The molecule has 0 spiro atoms. The summed E-state index contributed by atoms with van der Waals surface area (Å²) in [5, 5.41) is 7.66. The molecule has 8 heteroatoms. The molecule has 2 rings (SSSR count). The third kappa shape index (κ3) is 3.25. The van der Waals surface area contributed by atoms with Crippen LogP contribution in [0.5, 0.6) is 0 Å². The highest BCUT2D eigenvalue weighted by Crippen LogP contribution is 2.59. The van der Waals surface area contributed by atoms with Gasteiger partial charge in [0.05, 0.1) is 5.92 Å². The van der Waals surface area contributed by atoms with Gasteiger partial charge in [-0.2, -0.15) is 13.2 Å². The zero-order valence-corrected chi connectivity index (χ0v) is 12.9. The van der Waals surface area contributed by atoms with Crippen molar-refractivity contribution in [2.45, 2.75) is 33.9 Å². The van der Waals surface area contributed by atoms with Crippen molar-refractivity contribution < 1.29 is 18.0 Å². The first kappa shape index (κ1) is 15.9. The quantitative estimate of drug-likeness (QED) is 0.864. The largest absolute Gasteiger partial charge is 0.445 e. The van der Waals surface area contributed by atoms with Crippen molar-refractivity contribution in [2.24, 2.45) is 17.3 Å². The average molecular weight is 319 g/mol. The van der Waals surface area contributed by atoms with Gasteiger partial charge in [0.15, 0.2) is 0 Å². The lowest BCUT2D eigenvalue weighted by molar-refractivity contribution is -0.138. The van der Waals surface area contributed by atoms with Crippen LogP contribution in [0.4, 0.5) is 18.3 Å². The molecule has 21 heavy (non-hydrogen) atoms. The highest BCUT2D eigenvalue weighted by atomic mass is 32.1. The van der Waals surface area contributed by atoms with Crippen LogP contribution in [0.3, 0.4) is 0 Å². The van der Waals surface area contributed by atoms with Crippen molar-refractivity contribution in [1.82, 2.24) is 10.2 Å². The van der Waals surface area contributed by atoms with Gasteiger partial charge < -0.3 is 5.32 Å². The minimum absolute atomic E-state index is 0.0949. The van der Waals surface area contributed by atoms with Gasteiger partial charge in [-0.25, -0.2) is 0 Å². The summed E-state index contributed by atoms with van der Waals surface area (Å²) < 4.78 is 37.3. The van der Waals surface area contributed by atoms with Crippen LogP contribution in [-0.4, -0.2) is 16.1 Å². The molecule has 0 radical (unpaired) electrons. The Labute approximate surface area is 124 Å². The number of alkyl halides is 3. The van der Waals surface area contributed by atoms with Gasteiger partial charge in [-0.1, -0.05) is 36.8 Å². The minimum atomic E-state index is -4.54. The predicted molar refractivity (Wildman–Crippen MR) is 73.7 cm³/mol. The minimum Gasteiger partial charge on any atom is -0.300 e. The van der Waals surface area contributed by atoms with Crippen LogP contribution in [0.2, 0.25) is 0 Å². The third-order valence-electron chi connectivity index (χ3n) is 3.60. The van der Waals surface area contributed by atoms with Crippen LogP contribution < -0.4 is 5.32 Å². The van der Waals surface area contributed by atoms with Crippen molar-refractivity contribution >= 4 is 22.4 Å². The highest BCUT2D eigenvalue weighted by molar-refractivity contribution is 7.15. The maximum absolute atomic E-state index is 12.4. The van der Waals surface area contributed by atoms with E-state index < -0.39 is 11.2 Å². The Morgan fingerprint density at radius 3 is 2.43 bits per heavy atom. The number of nitrogens with zero attached hydrogens (tertiary/aromatic N) is 2. The maximum Gasteiger partial charge on any atom is 0.445 e. The summed E-state index contributed by atoms with van der Waals surface area (Å²) in [7, 11) is 0. The summed E-state index contributed by atoms with van der Waals surface area (Å²) in [5.74, 6) is -0.476. The zero-order valence-electron chi connectivity index (χ0n) is 12.1. The molecule has 1 N–H and O–H groups in total. The molecule has 1 aromatic rings. The van der Waals surface area contributed by atoms with E-state index in [4.69, 9.17) is 0 Å². The van der Waals surface area contributed by atoms with Gasteiger partial charge in [0.1, 0.15) is 0 Å². The molecular weight excluding hydrogens is 303 g/mol. The molecule has 4 nitrogen and oxygen atoms in total. The number of aromatic nitrogens is 2. The molecule has 116 valence electrons. The van der Waals surface area contributed by atoms with E-state index in [1.54, 1.807) is 0 Å². The van der Waals surface area contributed by atoms with E-state index in [9.17, 15) is 18.0 Å². The molecule has 1 saturated carbocycles. The summed E-state index contributed by atoms with van der Waals surface area (Å²) in [6.45, 7) is 7.82. The van der Waals surface area contributed by atoms with Crippen LogP contribution in [0.1, 0.15) is 32.7 Å². The molecular formula is C13H16F3N3OS. The Hall–Kier alpha value is -1.44. The number of nitrogens with one attached hydrogen (secondary N) is 1. The monoisotopic (exact) mass is 319 g/mol. The lowest BCUT2D eigenvalue weighted by atomic mass is 10.1. The number of carbonyl (C=O) groups excluding carboxylic acids is 1. The topological polar surface area (TPSA) is 54.9 Å². The van der Waals surface area contributed by atoms with E-state index in [2.05, 4.69) is 15.5 Å². The zero-order chi connectivity index (χ0) is 16.0. The SMILES string of the molecule is CC(C)=CC1C(C(=O)Nc2nnc(C(F)(F)F)s2)C1(C)C. The number of rotatable bonds is 3. The average Bonchev–Trinajstić information content (AvgIpc) is 2.70. The molecule has 0 aromatic carbocycles. The molecule has 1 heterocycles. The summed E-state index contributed by atoms with van der Waals surface area (Å²) in [4.78, 5) is 12.2. The first-order valence-corrected chi connectivity index (χ1v) is 7.21. The van der Waals surface area contributed by atoms with Crippen molar-refractivity contribution in [1.29, 1.82) is 0 Å². The normalized spacial score (nSPS) is 23.6. The Morgan fingerprint density at radius 2 is 1.95 bits per heavy atom. The van der Waals surface area contributed by atoms with E-state index in [-0.39, 0.29) is 28.3 Å². The predicted octanol–water partition coefficient (Wildman–Crippen LogP) is 3.73. The molecule has 1 amide bonds. The number of allylic oxidation sites excluding steroid dienone is 2. The van der Waals surface area contributed by atoms with Crippen molar-refractivity contribution in [3.05, 3.63) is 16.7 Å². The fourth-order valence-corrected chi connectivity index (χ4v) is 3.03. The summed E-state index contributed by atoms with van der Waals surface area (Å²) >= 11 is 0.334. The first-order valence-electron chi connectivity index (χ1n) is 6.40. The molecule has 2 atom stereocenters. The Bertz CT molecular complexity index is 588. The van der Waals surface area contributed by atoms with Crippen LogP contribution >= 0.6 is 11.3 Å². The second-order valence-electron chi connectivity index (χ2n) is 5.97. The number of amides is 1. The van der Waals surface area contributed by atoms with Crippen LogP contribution in [0.25, 0.3) is 0 Å². The van der Waals surface area contributed by atoms with Crippen molar-refractivity contribution in [2.75, 3.05) is 5.32 Å². The number of halogens is 3. The molecule has 1 aromatic heterocycles. The Balaban J connectivity index is 2.06. The Kier molecular flexibility index (Phi) is 3.86. The van der Waals surface area contributed by atoms with Crippen LogP contribution in [0.15, 0.2) is 11.6 Å². The van der Waals surface area contributed by atoms with Crippen molar-refractivity contribution in [3.8, 4) is 0 Å². The summed E-state index contributed by atoms with van der Waals surface area (Å²) in [6, 6.07) is 0. The van der Waals surface area contributed by atoms with E-state index >= 15 is 0 Å². The molecule has 1 aliphatic rings. The second kappa shape index (κ2) is 5.08. The maximum atomic E-state index is 12.4. The Morgan fingerprint density at radius 1 is 1.33 bits per heavy atom. The van der Waals surface area contributed by atoms with E-state index in [1.165, 1.54) is 0 Å². The summed E-state index contributed by atoms with van der Waals surface area (Å²) in [6.07, 6.45) is -2.52. The first-order chi connectivity index (χ1) is 9.53. The van der Waals surface area contributed by atoms with Gasteiger partial charge in [-0.05, 0) is 25.2 Å². The highest BCUT2D eigenvalue weighted by Gasteiger charge is 2.60. The van der Waals surface area contributed by atoms with Gasteiger partial charge in [-0.3, -0.25) is 4.79 Å². The van der Waals surface area contributed by atoms with E-state index in [1.807, 2.05) is 33.8 Å². The van der Waals surface area contributed by atoms with Gasteiger partial charge in [0.2, 0.25) is 16.0 Å². The lowest BCUT2D eigenvalue weighted by Crippen LogP contribution is -2.16. The number of carbonyl (C=O) groups is 1. The van der Waals surface area contributed by atoms with Gasteiger partial charge in [0.25, 0.3) is 0 Å². The van der Waals surface area contributed by atoms with E-state index in [0.29, 0.717) is 11.3 Å². The second-order valence-corrected chi connectivity index (χ2v) is 6.95. The van der Waals surface area contributed by atoms with Gasteiger partial charge >= 0.3 is 6.18 Å².